The van der Waals surface area contributed by atoms with Gasteiger partial charge in [0, 0.05) is 22.8 Å². The topological polar surface area (TPSA) is 37.0 Å². The summed E-state index contributed by atoms with van der Waals surface area (Å²) in [5.74, 6) is 0.897. The first-order chi connectivity index (χ1) is 6.53. The van der Waals surface area contributed by atoms with Gasteiger partial charge in [0.1, 0.15) is 5.82 Å². The summed E-state index contributed by atoms with van der Waals surface area (Å²) in [5.41, 5.74) is 0.00950. The third-order valence-electron chi connectivity index (χ3n) is 1.81. The van der Waals surface area contributed by atoms with Gasteiger partial charge in [-0.1, -0.05) is 0 Å². The molecule has 0 fully saturated rings. The summed E-state index contributed by atoms with van der Waals surface area (Å²) < 4.78 is 0.995. The minimum atomic E-state index is 0.00950. The van der Waals surface area contributed by atoms with Crippen LogP contribution in [0.15, 0.2) is 22.8 Å². The van der Waals surface area contributed by atoms with Gasteiger partial charge < -0.3 is 10.6 Å². The number of nitrogens with zero attached hydrogens (tertiary/aromatic N) is 1. The number of nitrogens with one attached hydrogen (secondary N) is 2. The highest BCUT2D eigenvalue weighted by atomic mass is 79.9. The van der Waals surface area contributed by atoms with E-state index < -0.39 is 0 Å². The van der Waals surface area contributed by atoms with Crippen molar-refractivity contribution in [3.63, 3.8) is 0 Å². The number of hydrogen-bond acceptors (Lipinski definition) is 3. The Kier molecular flexibility index (Phi) is 3.89. The van der Waals surface area contributed by atoms with Gasteiger partial charge in [0.25, 0.3) is 0 Å². The Hall–Kier alpha value is -0.610. The summed E-state index contributed by atoms with van der Waals surface area (Å²) in [5, 5.41) is 6.49. The van der Waals surface area contributed by atoms with E-state index in [1.54, 1.807) is 6.20 Å². The molecule has 0 aromatic carbocycles. The zero-order valence-electron chi connectivity index (χ0n) is 8.76. The average Bonchev–Trinajstić information content (AvgIpc) is 2.08. The van der Waals surface area contributed by atoms with Crippen LogP contribution in [0.1, 0.15) is 13.8 Å². The van der Waals surface area contributed by atoms with Crippen LogP contribution in [-0.2, 0) is 0 Å². The highest BCUT2D eigenvalue weighted by molar-refractivity contribution is 9.10. The van der Waals surface area contributed by atoms with Crippen molar-refractivity contribution >= 4 is 21.7 Å². The SMILES string of the molecule is CNCC(C)(C)Nc1ccc(Br)cn1. The van der Waals surface area contributed by atoms with E-state index in [0.29, 0.717) is 0 Å². The van der Waals surface area contributed by atoms with Gasteiger partial charge in [-0.05, 0) is 49.0 Å². The lowest BCUT2D eigenvalue weighted by Gasteiger charge is -2.26. The molecule has 0 amide bonds. The van der Waals surface area contributed by atoms with Crippen molar-refractivity contribution in [1.29, 1.82) is 0 Å². The van der Waals surface area contributed by atoms with Gasteiger partial charge in [0.2, 0.25) is 0 Å². The molecule has 0 atom stereocenters. The molecule has 4 heteroatoms. The molecule has 1 rings (SSSR count). The van der Waals surface area contributed by atoms with E-state index in [4.69, 9.17) is 0 Å². The van der Waals surface area contributed by atoms with E-state index in [-0.39, 0.29) is 5.54 Å². The smallest absolute Gasteiger partial charge is 0.126 e. The summed E-state index contributed by atoms with van der Waals surface area (Å²) in [6.45, 7) is 5.16. The first kappa shape index (κ1) is 11.5. The number of halogens is 1. The Bertz CT molecular complexity index is 282. The third kappa shape index (κ3) is 3.64. The van der Waals surface area contributed by atoms with Crippen molar-refractivity contribution in [2.75, 3.05) is 18.9 Å². The number of pyridine rings is 1. The lowest BCUT2D eigenvalue weighted by Crippen LogP contribution is -2.40. The molecule has 1 aromatic heterocycles. The highest BCUT2D eigenvalue weighted by Gasteiger charge is 2.16. The van der Waals surface area contributed by atoms with Gasteiger partial charge in [-0.3, -0.25) is 0 Å². The second-order valence-corrected chi connectivity index (χ2v) is 4.82. The Morgan fingerprint density at radius 1 is 1.43 bits per heavy atom. The summed E-state index contributed by atoms with van der Waals surface area (Å²) in [6, 6.07) is 3.94. The Morgan fingerprint density at radius 3 is 2.64 bits per heavy atom. The summed E-state index contributed by atoms with van der Waals surface area (Å²) >= 11 is 3.35. The van der Waals surface area contributed by atoms with E-state index in [0.717, 1.165) is 16.8 Å². The fraction of sp³-hybridized carbons (Fsp3) is 0.500. The van der Waals surface area contributed by atoms with Crippen LogP contribution in [0.25, 0.3) is 0 Å². The molecule has 78 valence electrons. The molecule has 0 unspecified atom stereocenters. The Morgan fingerprint density at radius 2 is 2.14 bits per heavy atom. The van der Waals surface area contributed by atoms with Gasteiger partial charge in [-0.15, -0.1) is 0 Å². The third-order valence-corrected chi connectivity index (χ3v) is 2.28. The maximum absolute atomic E-state index is 4.26. The van der Waals surface area contributed by atoms with Crippen molar-refractivity contribution in [3.8, 4) is 0 Å². The van der Waals surface area contributed by atoms with E-state index in [1.165, 1.54) is 0 Å². The second-order valence-electron chi connectivity index (χ2n) is 3.90. The van der Waals surface area contributed by atoms with Crippen molar-refractivity contribution in [2.24, 2.45) is 0 Å². The second kappa shape index (κ2) is 4.75. The van der Waals surface area contributed by atoms with Crippen molar-refractivity contribution < 1.29 is 0 Å². The van der Waals surface area contributed by atoms with Gasteiger partial charge in [-0.25, -0.2) is 4.98 Å². The van der Waals surface area contributed by atoms with Crippen LogP contribution in [0.3, 0.4) is 0 Å². The quantitative estimate of drug-likeness (QED) is 0.869. The Labute approximate surface area is 93.4 Å². The predicted molar refractivity (Wildman–Crippen MR) is 63.6 cm³/mol. The van der Waals surface area contributed by atoms with Crippen LogP contribution >= 0.6 is 15.9 Å². The fourth-order valence-corrected chi connectivity index (χ4v) is 1.52. The number of anilines is 1. The van der Waals surface area contributed by atoms with E-state index in [2.05, 4.69) is 45.4 Å². The lowest BCUT2D eigenvalue weighted by atomic mass is 10.1. The first-order valence-corrected chi connectivity index (χ1v) is 5.37. The molecule has 0 aliphatic heterocycles. The molecule has 0 aliphatic rings. The summed E-state index contributed by atoms with van der Waals surface area (Å²) in [7, 11) is 1.94. The molecule has 0 bridgehead atoms. The molecule has 0 spiro atoms. The van der Waals surface area contributed by atoms with Crippen LogP contribution in [0, 0.1) is 0 Å². The van der Waals surface area contributed by atoms with E-state index in [9.17, 15) is 0 Å². The highest BCUT2D eigenvalue weighted by Crippen LogP contribution is 2.14. The number of rotatable bonds is 4. The zero-order chi connectivity index (χ0) is 10.6. The van der Waals surface area contributed by atoms with Crippen LogP contribution in [-0.4, -0.2) is 24.1 Å². The Balaban J connectivity index is 2.64. The largest absolute Gasteiger partial charge is 0.364 e. The molecule has 3 nitrogen and oxygen atoms in total. The fourth-order valence-electron chi connectivity index (χ4n) is 1.28. The van der Waals surface area contributed by atoms with Crippen molar-refractivity contribution in [3.05, 3.63) is 22.8 Å². The maximum Gasteiger partial charge on any atom is 0.126 e. The van der Waals surface area contributed by atoms with Crippen LogP contribution in [0.2, 0.25) is 0 Å². The van der Waals surface area contributed by atoms with E-state index >= 15 is 0 Å². The maximum atomic E-state index is 4.26. The summed E-state index contributed by atoms with van der Waals surface area (Å²) in [4.78, 5) is 4.26. The molecular weight excluding hydrogens is 242 g/mol. The van der Waals surface area contributed by atoms with Gasteiger partial charge in [0.05, 0.1) is 0 Å². The van der Waals surface area contributed by atoms with Crippen molar-refractivity contribution in [1.82, 2.24) is 10.3 Å². The predicted octanol–water partition coefficient (Wildman–Crippen LogP) is 2.25. The lowest BCUT2D eigenvalue weighted by molar-refractivity contribution is 0.528. The minimum absolute atomic E-state index is 0.00950. The summed E-state index contributed by atoms with van der Waals surface area (Å²) in [6.07, 6.45) is 1.79. The normalized spacial score (nSPS) is 11.4. The molecule has 0 saturated heterocycles. The molecule has 2 N–H and O–H groups in total. The van der Waals surface area contributed by atoms with Crippen LogP contribution < -0.4 is 10.6 Å². The molecule has 0 radical (unpaired) electrons. The van der Waals surface area contributed by atoms with Crippen LogP contribution in [0.5, 0.6) is 0 Å². The molecule has 0 aliphatic carbocycles. The monoisotopic (exact) mass is 257 g/mol. The zero-order valence-corrected chi connectivity index (χ0v) is 10.4. The molecule has 1 aromatic rings. The van der Waals surface area contributed by atoms with Crippen LogP contribution in [0.4, 0.5) is 5.82 Å². The number of hydrogen-bond donors (Lipinski definition) is 2. The van der Waals surface area contributed by atoms with Gasteiger partial charge >= 0.3 is 0 Å². The molecule has 14 heavy (non-hydrogen) atoms. The molecular formula is C10H16BrN3. The minimum Gasteiger partial charge on any atom is -0.364 e. The van der Waals surface area contributed by atoms with E-state index in [1.807, 2.05) is 19.2 Å². The number of aromatic nitrogens is 1. The van der Waals surface area contributed by atoms with Crippen molar-refractivity contribution in [2.45, 2.75) is 19.4 Å². The average molecular weight is 258 g/mol. The standard InChI is InChI=1S/C10H16BrN3/c1-10(2,7-12-3)14-9-5-4-8(11)6-13-9/h4-6,12H,7H2,1-3H3,(H,13,14). The number of likely N-dealkylation sites (N-methyl/N-ethyl adjacent to an activating group) is 1. The molecule has 1 heterocycles. The van der Waals surface area contributed by atoms with Gasteiger partial charge in [0.15, 0.2) is 0 Å². The molecule has 0 saturated carbocycles. The van der Waals surface area contributed by atoms with Gasteiger partial charge in [-0.2, -0.15) is 0 Å². The first-order valence-electron chi connectivity index (χ1n) is 4.58.